The summed E-state index contributed by atoms with van der Waals surface area (Å²) < 4.78 is 14.5. The number of nitrogens with zero attached hydrogens (tertiary/aromatic N) is 2. The molecular weight excluding hydrogens is 254 g/mol. The molecule has 18 heavy (non-hydrogen) atoms. The van der Waals surface area contributed by atoms with Crippen molar-refractivity contribution < 1.29 is 14.3 Å². The highest BCUT2D eigenvalue weighted by molar-refractivity contribution is 7.11. The lowest BCUT2D eigenvalue weighted by Gasteiger charge is -2.36. The number of rotatable bonds is 2. The molecule has 0 radical (unpaired) electrons. The molecule has 0 aliphatic carbocycles. The highest BCUT2D eigenvalue weighted by atomic mass is 32.1. The number of methoxy groups -OCH3 is 1. The van der Waals surface area contributed by atoms with Crippen molar-refractivity contribution >= 4 is 28.3 Å². The Labute approximate surface area is 110 Å². The van der Waals surface area contributed by atoms with E-state index in [0.717, 1.165) is 18.1 Å². The molecule has 0 amide bonds. The standard InChI is InChI=1S/C11H17N3O3S/c1-6-4-14(5-7(2)17-6)10-8(11(15)16-3)9(12)13-18-10/h6-7H,4-5H2,1-3H3,(H2,12,13)/t6-,7+. The molecule has 0 unspecified atom stereocenters. The van der Waals surface area contributed by atoms with Crippen molar-refractivity contribution in [1.82, 2.24) is 4.37 Å². The number of carbonyl (C=O) groups excluding carboxylic acids is 1. The summed E-state index contributed by atoms with van der Waals surface area (Å²) in [7, 11) is 1.34. The van der Waals surface area contributed by atoms with Gasteiger partial charge in [-0.25, -0.2) is 4.79 Å². The molecule has 0 aromatic carbocycles. The Morgan fingerprint density at radius 3 is 2.67 bits per heavy atom. The number of morpholine rings is 1. The van der Waals surface area contributed by atoms with Crippen LogP contribution in [-0.4, -0.2) is 42.8 Å². The molecule has 0 saturated carbocycles. The number of aromatic nitrogens is 1. The van der Waals surface area contributed by atoms with Gasteiger partial charge in [-0.1, -0.05) is 0 Å². The van der Waals surface area contributed by atoms with E-state index in [0.29, 0.717) is 5.56 Å². The van der Waals surface area contributed by atoms with Crippen LogP contribution >= 0.6 is 11.5 Å². The van der Waals surface area contributed by atoms with Gasteiger partial charge in [0.25, 0.3) is 0 Å². The fraction of sp³-hybridized carbons (Fsp3) is 0.636. The van der Waals surface area contributed by atoms with Gasteiger partial charge in [0.15, 0.2) is 5.82 Å². The van der Waals surface area contributed by atoms with Crippen LogP contribution in [0, 0.1) is 0 Å². The van der Waals surface area contributed by atoms with E-state index in [1.807, 2.05) is 13.8 Å². The molecule has 6 nitrogen and oxygen atoms in total. The Balaban J connectivity index is 2.30. The highest BCUT2D eigenvalue weighted by Gasteiger charge is 2.29. The molecular formula is C11H17N3O3S. The van der Waals surface area contributed by atoms with E-state index in [4.69, 9.17) is 15.2 Å². The van der Waals surface area contributed by atoms with Crippen LogP contribution in [0.1, 0.15) is 24.2 Å². The van der Waals surface area contributed by atoms with Crippen molar-refractivity contribution in [3.8, 4) is 0 Å². The maximum atomic E-state index is 11.7. The molecule has 1 saturated heterocycles. The Hall–Kier alpha value is -1.34. The smallest absolute Gasteiger partial charge is 0.344 e. The van der Waals surface area contributed by atoms with Gasteiger partial charge in [-0.2, -0.15) is 4.37 Å². The van der Waals surface area contributed by atoms with Crippen molar-refractivity contribution in [2.45, 2.75) is 26.1 Å². The molecule has 1 aromatic heterocycles. The van der Waals surface area contributed by atoms with Gasteiger partial charge >= 0.3 is 5.97 Å². The lowest BCUT2D eigenvalue weighted by molar-refractivity contribution is -0.00511. The Morgan fingerprint density at radius 2 is 2.11 bits per heavy atom. The van der Waals surface area contributed by atoms with Crippen LogP contribution in [0.5, 0.6) is 0 Å². The molecule has 1 aliphatic heterocycles. The zero-order valence-corrected chi connectivity index (χ0v) is 11.5. The van der Waals surface area contributed by atoms with Crippen LogP contribution in [0.15, 0.2) is 0 Å². The summed E-state index contributed by atoms with van der Waals surface area (Å²) >= 11 is 1.22. The summed E-state index contributed by atoms with van der Waals surface area (Å²) in [6, 6.07) is 0. The topological polar surface area (TPSA) is 77.7 Å². The Morgan fingerprint density at radius 1 is 1.50 bits per heavy atom. The second-order valence-corrected chi connectivity index (χ2v) is 5.15. The van der Waals surface area contributed by atoms with Crippen LogP contribution in [-0.2, 0) is 9.47 Å². The first-order valence-electron chi connectivity index (χ1n) is 5.76. The SMILES string of the molecule is COC(=O)c1c(N)nsc1N1C[C@@H](C)O[C@@H](C)C1. The lowest BCUT2D eigenvalue weighted by atomic mass is 10.2. The molecule has 100 valence electrons. The summed E-state index contributed by atoms with van der Waals surface area (Å²) in [6.45, 7) is 5.45. The van der Waals surface area contributed by atoms with Crippen molar-refractivity contribution in [1.29, 1.82) is 0 Å². The van der Waals surface area contributed by atoms with Crippen LogP contribution in [0.2, 0.25) is 0 Å². The first-order valence-corrected chi connectivity index (χ1v) is 6.54. The van der Waals surface area contributed by atoms with Crippen molar-refractivity contribution in [3.63, 3.8) is 0 Å². The average molecular weight is 271 g/mol. The monoisotopic (exact) mass is 271 g/mol. The van der Waals surface area contributed by atoms with Crippen molar-refractivity contribution in [3.05, 3.63) is 5.56 Å². The largest absolute Gasteiger partial charge is 0.465 e. The second kappa shape index (κ2) is 5.11. The average Bonchev–Trinajstić information content (AvgIpc) is 2.69. The molecule has 2 atom stereocenters. The first kappa shape index (κ1) is 13.1. The second-order valence-electron chi connectivity index (χ2n) is 4.40. The molecule has 2 heterocycles. The van der Waals surface area contributed by atoms with E-state index in [2.05, 4.69) is 9.27 Å². The summed E-state index contributed by atoms with van der Waals surface area (Å²) in [5.41, 5.74) is 6.10. The van der Waals surface area contributed by atoms with Crippen LogP contribution in [0.3, 0.4) is 0 Å². The van der Waals surface area contributed by atoms with Gasteiger partial charge in [0, 0.05) is 13.1 Å². The Kier molecular flexibility index (Phi) is 3.72. The number of esters is 1. The maximum absolute atomic E-state index is 11.7. The highest BCUT2D eigenvalue weighted by Crippen LogP contribution is 2.33. The minimum absolute atomic E-state index is 0.113. The summed E-state index contributed by atoms with van der Waals surface area (Å²) in [5, 5.41) is 0.765. The van der Waals surface area contributed by atoms with Gasteiger partial charge in [0.05, 0.1) is 19.3 Å². The third kappa shape index (κ3) is 2.41. The van der Waals surface area contributed by atoms with E-state index in [1.54, 1.807) is 0 Å². The number of anilines is 2. The summed E-state index contributed by atoms with van der Waals surface area (Å²) in [4.78, 5) is 13.8. The molecule has 7 heteroatoms. The van der Waals surface area contributed by atoms with E-state index < -0.39 is 5.97 Å². The van der Waals surface area contributed by atoms with Crippen molar-refractivity contribution in [2.24, 2.45) is 0 Å². The van der Waals surface area contributed by atoms with Crippen LogP contribution in [0.25, 0.3) is 0 Å². The van der Waals surface area contributed by atoms with Crippen molar-refractivity contribution in [2.75, 3.05) is 30.8 Å². The van der Waals surface area contributed by atoms with Gasteiger partial charge in [-0.3, -0.25) is 0 Å². The molecule has 1 aromatic rings. The predicted octanol–water partition coefficient (Wildman–Crippen LogP) is 1.13. The number of nitrogen functional groups attached to an aromatic ring is 1. The van der Waals surface area contributed by atoms with Gasteiger partial charge in [-0.05, 0) is 25.4 Å². The zero-order valence-electron chi connectivity index (χ0n) is 10.7. The quantitative estimate of drug-likeness (QED) is 0.812. The number of nitrogens with two attached hydrogens (primary N) is 1. The molecule has 2 N–H and O–H groups in total. The number of carbonyl (C=O) groups is 1. The maximum Gasteiger partial charge on any atom is 0.344 e. The summed E-state index contributed by atoms with van der Waals surface area (Å²) in [5.74, 6) is -0.211. The zero-order chi connectivity index (χ0) is 13.3. The molecule has 2 rings (SSSR count). The molecule has 0 bridgehead atoms. The van der Waals surface area contributed by atoms with Gasteiger partial charge in [0.1, 0.15) is 10.6 Å². The third-order valence-electron chi connectivity index (χ3n) is 2.80. The van der Waals surface area contributed by atoms with Gasteiger partial charge in [0.2, 0.25) is 0 Å². The number of ether oxygens (including phenoxy) is 2. The minimum Gasteiger partial charge on any atom is -0.465 e. The van der Waals surface area contributed by atoms with E-state index in [9.17, 15) is 4.79 Å². The van der Waals surface area contributed by atoms with Gasteiger partial charge in [-0.15, -0.1) is 0 Å². The van der Waals surface area contributed by atoms with E-state index >= 15 is 0 Å². The first-order chi connectivity index (χ1) is 8.52. The Bertz CT molecular complexity index is 439. The fourth-order valence-electron chi connectivity index (χ4n) is 2.15. The fourth-order valence-corrected chi connectivity index (χ4v) is 2.97. The molecule has 0 spiro atoms. The van der Waals surface area contributed by atoms with Crippen LogP contribution < -0.4 is 10.6 Å². The summed E-state index contributed by atoms with van der Waals surface area (Å²) in [6.07, 6.45) is 0.227. The number of hydrogen-bond acceptors (Lipinski definition) is 7. The molecule has 1 fully saturated rings. The third-order valence-corrected chi connectivity index (χ3v) is 3.72. The van der Waals surface area contributed by atoms with Crippen LogP contribution in [0.4, 0.5) is 10.8 Å². The molecule has 1 aliphatic rings. The predicted molar refractivity (Wildman–Crippen MR) is 70.1 cm³/mol. The lowest BCUT2D eigenvalue weighted by Crippen LogP contribution is -2.45. The minimum atomic E-state index is -0.442. The normalized spacial score (nSPS) is 24.1. The van der Waals surface area contributed by atoms with Gasteiger partial charge < -0.3 is 20.1 Å². The van der Waals surface area contributed by atoms with E-state index in [-0.39, 0.29) is 18.0 Å². The number of hydrogen-bond donors (Lipinski definition) is 1. The van der Waals surface area contributed by atoms with E-state index in [1.165, 1.54) is 18.6 Å².